The summed E-state index contributed by atoms with van der Waals surface area (Å²) in [7, 11) is 0. The van der Waals surface area contributed by atoms with Crippen molar-refractivity contribution in [1.29, 1.82) is 0 Å². The van der Waals surface area contributed by atoms with Crippen LogP contribution in [0.25, 0.3) is 11.0 Å². The number of furan rings is 1. The summed E-state index contributed by atoms with van der Waals surface area (Å²) in [5, 5.41) is 19.3. The quantitative estimate of drug-likeness (QED) is 0.253. The van der Waals surface area contributed by atoms with Gasteiger partial charge in [0.05, 0.1) is 12.6 Å². The van der Waals surface area contributed by atoms with Crippen LogP contribution in [-0.2, 0) is 4.79 Å². The van der Waals surface area contributed by atoms with E-state index in [0.29, 0.717) is 35.9 Å². The molecule has 0 radical (unpaired) electrons. The number of β-amino-alcohol motifs (C(OH)–C–C–N with tert-alkyl or cyclic N) is 1. The minimum atomic E-state index is -0.608. The van der Waals surface area contributed by atoms with Crippen LogP contribution in [0.1, 0.15) is 16.8 Å². The maximum atomic E-state index is 13.0. The third-order valence-corrected chi connectivity index (χ3v) is 5.62. The van der Waals surface area contributed by atoms with Gasteiger partial charge in [0.15, 0.2) is 0 Å². The fourth-order valence-electron chi connectivity index (χ4n) is 3.82. The molecule has 0 bridgehead atoms. The van der Waals surface area contributed by atoms with Crippen LogP contribution < -0.4 is 15.1 Å². The lowest BCUT2D eigenvalue weighted by molar-refractivity contribution is -0.114. The Morgan fingerprint density at radius 2 is 2.00 bits per heavy atom. The number of anilines is 1. The van der Waals surface area contributed by atoms with Crippen LogP contribution in [0.15, 0.2) is 71.2 Å². The molecular formula is C25H27N3O6. The molecular weight excluding hydrogens is 438 g/mol. The molecule has 4 rings (SSSR count). The predicted octanol–water partition coefficient (Wildman–Crippen LogP) is 2.59. The highest BCUT2D eigenvalue weighted by atomic mass is 16.5. The summed E-state index contributed by atoms with van der Waals surface area (Å²) in [6.07, 6.45) is 3.75. The van der Waals surface area contributed by atoms with Crippen molar-refractivity contribution in [2.24, 2.45) is 0 Å². The number of aliphatic hydroxyl groups is 1. The van der Waals surface area contributed by atoms with Crippen molar-refractivity contribution in [1.82, 2.24) is 10.4 Å². The molecule has 1 unspecified atom stereocenters. The summed E-state index contributed by atoms with van der Waals surface area (Å²) in [6.45, 7) is 2.43. The molecule has 2 heterocycles. The number of hydroxylamine groups is 1. The third kappa shape index (κ3) is 5.82. The summed E-state index contributed by atoms with van der Waals surface area (Å²) in [5.74, 6) is 0.0986. The van der Waals surface area contributed by atoms with E-state index in [1.807, 2.05) is 30.3 Å². The molecule has 0 spiro atoms. The molecule has 2 amide bonds. The first-order chi connectivity index (χ1) is 16.5. The molecule has 178 valence electrons. The molecule has 2 aromatic carbocycles. The van der Waals surface area contributed by atoms with E-state index in [1.165, 1.54) is 23.1 Å². The number of nitrogens with zero attached hydrogens (tertiary/aromatic N) is 2. The van der Waals surface area contributed by atoms with Crippen LogP contribution in [0.3, 0.4) is 0 Å². The topological polar surface area (TPSA) is 115 Å². The van der Waals surface area contributed by atoms with Gasteiger partial charge in [-0.1, -0.05) is 24.3 Å². The van der Waals surface area contributed by atoms with Gasteiger partial charge in [0.2, 0.25) is 5.88 Å². The van der Waals surface area contributed by atoms with Gasteiger partial charge in [-0.3, -0.25) is 24.6 Å². The van der Waals surface area contributed by atoms with Crippen molar-refractivity contribution < 1.29 is 29.1 Å². The average molecular weight is 466 g/mol. The first-order valence-corrected chi connectivity index (χ1v) is 11.1. The molecule has 1 aliphatic rings. The van der Waals surface area contributed by atoms with Crippen LogP contribution in [0, 0.1) is 0 Å². The summed E-state index contributed by atoms with van der Waals surface area (Å²) in [6, 6.07) is 15.6. The largest absolute Gasteiger partial charge is 0.492 e. The minimum absolute atomic E-state index is 0.195. The number of rotatable bonds is 9. The van der Waals surface area contributed by atoms with Gasteiger partial charge in [-0.25, -0.2) is 5.48 Å². The molecule has 1 atom stereocenters. The number of hydrogen-bond acceptors (Lipinski definition) is 7. The molecule has 0 aliphatic carbocycles. The molecule has 34 heavy (non-hydrogen) atoms. The van der Waals surface area contributed by atoms with Gasteiger partial charge in [0.1, 0.15) is 17.9 Å². The zero-order chi connectivity index (χ0) is 23.9. The average Bonchev–Trinajstić information content (AvgIpc) is 3.47. The van der Waals surface area contributed by atoms with Crippen LogP contribution in [0.4, 0.5) is 5.88 Å². The Balaban J connectivity index is 1.42. The van der Waals surface area contributed by atoms with Gasteiger partial charge < -0.3 is 14.3 Å². The van der Waals surface area contributed by atoms with Gasteiger partial charge in [0, 0.05) is 42.7 Å². The second kappa shape index (κ2) is 11.0. The lowest BCUT2D eigenvalue weighted by Gasteiger charge is -2.19. The predicted molar refractivity (Wildman–Crippen MR) is 126 cm³/mol. The number of benzene rings is 2. The first kappa shape index (κ1) is 23.5. The standard InChI is InChI=1S/C25H27N3O6/c29-20-11-13-27(17-20)12-3-6-23(30)28(24-16-19-4-1-2-5-22(19)34-24)14-15-33-21-9-7-18(8-10-21)25(31)26-32/h1-10,16,20,29,32H,11-15,17H2,(H,26,31)/b6-3+. The SMILES string of the molecule is O=C(NO)c1ccc(OCCN(C(=O)/C=C/CN2CCC(O)C2)c2cc3ccccc3o2)cc1. The first-order valence-electron chi connectivity index (χ1n) is 11.1. The zero-order valence-corrected chi connectivity index (χ0v) is 18.6. The molecule has 1 aromatic heterocycles. The molecule has 3 N–H and O–H groups in total. The van der Waals surface area contributed by atoms with E-state index in [9.17, 15) is 14.7 Å². The van der Waals surface area contributed by atoms with Crippen molar-refractivity contribution >= 4 is 28.7 Å². The van der Waals surface area contributed by atoms with E-state index in [1.54, 1.807) is 23.7 Å². The monoisotopic (exact) mass is 465 g/mol. The fourth-order valence-corrected chi connectivity index (χ4v) is 3.82. The van der Waals surface area contributed by atoms with E-state index in [0.717, 1.165) is 18.4 Å². The highest BCUT2D eigenvalue weighted by Gasteiger charge is 2.20. The van der Waals surface area contributed by atoms with Crippen LogP contribution >= 0.6 is 0 Å². The molecule has 3 aromatic rings. The number of carbonyl (C=O) groups excluding carboxylic acids is 2. The van der Waals surface area contributed by atoms with Gasteiger partial charge in [-0.05, 0) is 36.8 Å². The van der Waals surface area contributed by atoms with E-state index >= 15 is 0 Å². The van der Waals surface area contributed by atoms with E-state index in [2.05, 4.69) is 4.90 Å². The van der Waals surface area contributed by atoms with Crippen molar-refractivity contribution in [2.45, 2.75) is 12.5 Å². The maximum Gasteiger partial charge on any atom is 0.274 e. The Labute approximate surface area is 196 Å². The van der Waals surface area contributed by atoms with E-state index in [-0.39, 0.29) is 25.2 Å². The van der Waals surface area contributed by atoms with Crippen molar-refractivity contribution in [3.8, 4) is 5.75 Å². The Hall–Kier alpha value is -3.66. The smallest absolute Gasteiger partial charge is 0.274 e. The number of carbonyl (C=O) groups is 2. The summed E-state index contributed by atoms with van der Waals surface area (Å²) >= 11 is 0. The Morgan fingerprint density at radius 3 is 2.71 bits per heavy atom. The molecule has 0 saturated carbocycles. The molecule has 1 fully saturated rings. The number of fused-ring (bicyclic) bond motifs is 1. The second-order valence-corrected chi connectivity index (χ2v) is 8.03. The Kier molecular flexibility index (Phi) is 7.58. The molecule has 1 saturated heterocycles. The maximum absolute atomic E-state index is 13.0. The minimum Gasteiger partial charge on any atom is -0.492 e. The lowest BCUT2D eigenvalue weighted by Crippen LogP contribution is -2.33. The Morgan fingerprint density at radius 1 is 1.21 bits per heavy atom. The summed E-state index contributed by atoms with van der Waals surface area (Å²) < 4.78 is 11.7. The van der Waals surface area contributed by atoms with Crippen molar-refractivity contribution in [3.63, 3.8) is 0 Å². The van der Waals surface area contributed by atoms with Crippen LogP contribution in [0.5, 0.6) is 5.75 Å². The highest BCUT2D eigenvalue weighted by molar-refractivity contribution is 6.01. The number of amides is 2. The molecule has 9 heteroatoms. The highest BCUT2D eigenvalue weighted by Crippen LogP contribution is 2.26. The van der Waals surface area contributed by atoms with Gasteiger partial charge >= 0.3 is 0 Å². The number of likely N-dealkylation sites (tertiary alicyclic amines) is 1. The molecule has 1 aliphatic heterocycles. The Bertz CT molecular complexity index is 1120. The zero-order valence-electron chi connectivity index (χ0n) is 18.6. The number of para-hydroxylation sites is 1. The van der Waals surface area contributed by atoms with E-state index < -0.39 is 5.91 Å². The summed E-state index contributed by atoms with van der Waals surface area (Å²) in [5.41, 5.74) is 2.56. The van der Waals surface area contributed by atoms with Crippen molar-refractivity contribution in [2.75, 3.05) is 37.7 Å². The van der Waals surface area contributed by atoms with Crippen molar-refractivity contribution in [3.05, 3.63) is 72.3 Å². The van der Waals surface area contributed by atoms with Crippen LogP contribution in [0.2, 0.25) is 0 Å². The van der Waals surface area contributed by atoms with E-state index in [4.69, 9.17) is 14.4 Å². The number of aliphatic hydroxyl groups excluding tert-OH is 1. The molecule has 9 nitrogen and oxygen atoms in total. The fraction of sp³-hybridized carbons (Fsp3) is 0.280. The van der Waals surface area contributed by atoms with Gasteiger partial charge in [-0.15, -0.1) is 0 Å². The van der Waals surface area contributed by atoms with Gasteiger partial charge in [0.25, 0.3) is 11.8 Å². The van der Waals surface area contributed by atoms with Crippen LogP contribution in [-0.4, -0.2) is 65.9 Å². The number of ether oxygens (including phenoxy) is 1. The summed E-state index contributed by atoms with van der Waals surface area (Å²) in [4.78, 5) is 28.1. The number of hydrogen-bond donors (Lipinski definition) is 3. The normalized spacial score (nSPS) is 16.2. The third-order valence-electron chi connectivity index (χ3n) is 5.62. The van der Waals surface area contributed by atoms with Gasteiger partial charge in [-0.2, -0.15) is 0 Å². The second-order valence-electron chi connectivity index (χ2n) is 8.03. The number of nitrogens with one attached hydrogen (secondary N) is 1. The lowest BCUT2D eigenvalue weighted by atomic mass is 10.2.